The molecule has 0 aromatic heterocycles. The minimum Gasteiger partial charge on any atom is -0.378 e. The van der Waals surface area contributed by atoms with Crippen molar-refractivity contribution in [2.75, 3.05) is 51.9 Å². The molecule has 2 heterocycles. The van der Waals surface area contributed by atoms with Gasteiger partial charge in [-0.05, 0) is 18.6 Å². The molecule has 2 aliphatic heterocycles. The van der Waals surface area contributed by atoms with Gasteiger partial charge in [0.15, 0.2) is 9.84 Å². The number of imide groups is 1. The zero-order valence-electron chi connectivity index (χ0n) is 18.3. The van der Waals surface area contributed by atoms with Gasteiger partial charge in [-0.1, -0.05) is 6.07 Å². The van der Waals surface area contributed by atoms with Crippen LogP contribution in [0.2, 0.25) is 0 Å². The molecule has 3 rings (SSSR count). The molecule has 1 unspecified atom stereocenters. The van der Waals surface area contributed by atoms with Crippen molar-refractivity contribution in [2.45, 2.75) is 30.3 Å². The molecule has 1 saturated heterocycles. The van der Waals surface area contributed by atoms with Crippen LogP contribution in [0, 0.1) is 0 Å². The minimum atomic E-state index is -3.72. The number of benzene rings is 1. The fourth-order valence-electron chi connectivity index (χ4n) is 3.75. The number of nitrogens with one attached hydrogen (secondary N) is 1. The highest BCUT2D eigenvalue weighted by molar-refractivity contribution is 7.91. The summed E-state index contributed by atoms with van der Waals surface area (Å²) >= 11 is 0. The summed E-state index contributed by atoms with van der Waals surface area (Å²) in [5.41, 5.74) is 5.93. The van der Waals surface area contributed by atoms with Crippen molar-refractivity contribution in [1.29, 1.82) is 0 Å². The zero-order chi connectivity index (χ0) is 23.8. The fraction of sp³-hybridized carbons (Fsp3) is 0.571. The molecule has 0 radical (unpaired) electrons. The maximum atomic E-state index is 12.9. The molecule has 1 atom stereocenters. The topological polar surface area (TPSA) is 154 Å². The molecule has 1 aromatic carbocycles. The van der Waals surface area contributed by atoms with E-state index < -0.39 is 27.7 Å². The molecule has 33 heavy (non-hydrogen) atoms. The van der Waals surface area contributed by atoms with Gasteiger partial charge in [-0.25, -0.2) is 8.42 Å². The van der Waals surface area contributed by atoms with Crippen LogP contribution in [-0.2, 0) is 40.2 Å². The van der Waals surface area contributed by atoms with E-state index in [0.29, 0.717) is 38.5 Å². The van der Waals surface area contributed by atoms with Crippen molar-refractivity contribution in [3.63, 3.8) is 0 Å². The largest absolute Gasteiger partial charge is 0.378 e. The molecular weight excluding hydrogens is 454 g/mol. The van der Waals surface area contributed by atoms with Crippen molar-refractivity contribution in [1.82, 2.24) is 10.2 Å². The van der Waals surface area contributed by atoms with Crippen LogP contribution < -0.4 is 11.1 Å². The van der Waals surface area contributed by atoms with E-state index >= 15 is 0 Å². The number of hydrogen-bond donors (Lipinski definition) is 2. The van der Waals surface area contributed by atoms with Crippen LogP contribution in [0.1, 0.15) is 28.8 Å². The van der Waals surface area contributed by atoms with Crippen LogP contribution in [0.25, 0.3) is 0 Å². The van der Waals surface area contributed by atoms with Gasteiger partial charge >= 0.3 is 0 Å². The molecule has 2 aliphatic rings. The maximum absolute atomic E-state index is 12.9. The average molecular weight is 484 g/mol. The van der Waals surface area contributed by atoms with E-state index in [1.54, 1.807) is 6.07 Å². The molecule has 182 valence electrons. The molecule has 12 heteroatoms. The lowest BCUT2D eigenvalue weighted by Gasteiger charge is -2.29. The van der Waals surface area contributed by atoms with Gasteiger partial charge in [-0.3, -0.25) is 19.7 Å². The second-order valence-corrected chi connectivity index (χ2v) is 9.70. The molecule has 0 spiro atoms. The molecule has 0 bridgehead atoms. The monoisotopic (exact) mass is 483 g/mol. The Kier molecular flexibility index (Phi) is 8.92. The number of amides is 3. The third kappa shape index (κ3) is 6.36. The van der Waals surface area contributed by atoms with Gasteiger partial charge in [0.05, 0.1) is 50.3 Å². The first kappa shape index (κ1) is 25.2. The summed E-state index contributed by atoms with van der Waals surface area (Å²) in [7, 11) is -3.72. The predicted molar refractivity (Wildman–Crippen MR) is 116 cm³/mol. The van der Waals surface area contributed by atoms with Crippen LogP contribution in [0.5, 0.6) is 0 Å². The van der Waals surface area contributed by atoms with E-state index in [1.807, 2.05) is 0 Å². The highest BCUT2D eigenvalue weighted by Crippen LogP contribution is 2.32. The molecule has 1 aromatic rings. The van der Waals surface area contributed by atoms with Gasteiger partial charge in [0.1, 0.15) is 6.04 Å². The maximum Gasteiger partial charge on any atom is 0.255 e. The van der Waals surface area contributed by atoms with Gasteiger partial charge < -0.3 is 24.8 Å². The Morgan fingerprint density at radius 2 is 1.67 bits per heavy atom. The van der Waals surface area contributed by atoms with Crippen LogP contribution in [0.15, 0.2) is 23.1 Å². The molecule has 3 amide bonds. The number of carbonyl (C=O) groups excluding carboxylic acids is 3. The summed E-state index contributed by atoms with van der Waals surface area (Å²) in [6, 6.07) is 3.72. The second kappa shape index (κ2) is 11.7. The number of fused-ring (bicyclic) bond motifs is 1. The lowest BCUT2D eigenvalue weighted by Crippen LogP contribution is -2.52. The fourth-order valence-corrected chi connectivity index (χ4v) is 5.15. The first-order chi connectivity index (χ1) is 15.8. The van der Waals surface area contributed by atoms with Crippen LogP contribution in [-0.4, -0.2) is 89.0 Å². The molecule has 0 aliphatic carbocycles. The lowest BCUT2D eigenvalue weighted by molar-refractivity contribution is -0.136. The Bertz CT molecular complexity index is 982. The number of piperidine rings is 1. The number of nitrogens with two attached hydrogens (primary N) is 1. The summed E-state index contributed by atoms with van der Waals surface area (Å²) in [6.45, 7) is 2.27. The summed E-state index contributed by atoms with van der Waals surface area (Å²) < 4.78 is 41.7. The molecule has 11 nitrogen and oxygen atoms in total. The number of nitrogens with zero attached hydrogens (tertiary/aromatic N) is 1. The van der Waals surface area contributed by atoms with Crippen LogP contribution in [0.4, 0.5) is 0 Å². The quantitative estimate of drug-likeness (QED) is 0.272. The molecule has 3 N–H and O–H groups in total. The van der Waals surface area contributed by atoms with Gasteiger partial charge in [-0.2, -0.15) is 0 Å². The van der Waals surface area contributed by atoms with Gasteiger partial charge in [-0.15, -0.1) is 0 Å². The minimum absolute atomic E-state index is 0.00320. The molecule has 0 saturated carbocycles. The highest BCUT2D eigenvalue weighted by Gasteiger charge is 2.40. The molecule has 1 fully saturated rings. The third-order valence-corrected chi connectivity index (χ3v) is 7.13. The van der Waals surface area contributed by atoms with Gasteiger partial charge in [0, 0.05) is 30.6 Å². The van der Waals surface area contributed by atoms with Gasteiger partial charge in [0.2, 0.25) is 11.8 Å². The van der Waals surface area contributed by atoms with Crippen molar-refractivity contribution < 1.29 is 37.0 Å². The zero-order valence-corrected chi connectivity index (χ0v) is 19.1. The Labute approximate surface area is 192 Å². The van der Waals surface area contributed by atoms with Crippen molar-refractivity contribution in [3.8, 4) is 0 Å². The second-order valence-electron chi connectivity index (χ2n) is 7.63. The summed E-state index contributed by atoms with van der Waals surface area (Å²) in [5.74, 6) is -1.59. The van der Waals surface area contributed by atoms with E-state index in [2.05, 4.69) is 5.32 Å². The first-order valence-corrected chi connectivity index (χ1v) is 12.4. The number of carbonyl (C=O) groups is 3. The summed E-state index contributed by atoms with van der Waals surface area (Å²) in [4.78, 5) is 37.9. The third-order valence-electron chi connectivity index (χ3n) is 5.38. The number of hydrogen-bond acceptors (Lipinski definition) is 9. The van der Waals surface area contributed by atoms with E-state index in [4.69, 9.17) is 19.9 Å². The standard InChI is InChI=1S/C21H29N3O8S/c22-6-7-30-8-9-31-10-11-32-12-13-33(28,29)18-3-1-2-15-16(18)14-24(21(15)27)17-4-5-19(25)23-20(17)26/h1-3,17H,4-14,22H2,(H,23,25,26). The normalized spacial score (nSPS) is 18.5. The number of rotatable bonds is 13. The smallest absolute Gasteiger partial charge is 0.255 e. The average Bonchev–Trinajstić information content (AvgIpc) is 3.11. The summed E-state index contributed by atoms with van der Waals surface area (Å²) in [5, 5.41) is 2.23. The van der Waals surface area contributed by atoms with Crippen molar-refractivity contribution in [3.05, 3.63) is 29.3 Å². The number of ether oxygens (including phenoxy) is 3. The number of sulfone groups is 1. The highest BCUT2D eigenvalue weighted by atomic mass is 32.2. The SMILES string of the molecule is NCCOCCOCCOCCS(=O)(=O)c1cccc2c1CN(C1CCC(=O)NC1=O)C2=O. The molecular formula is C21H29N3O8S. The van der Waals surface area contributed by atoms with Crippen molar-refractivity contribution >= 4 is 27.6 Å². The lowest BCUT2D eigenvalue weighted by atomic mass is 10.0. The van der Waals surface area contributed by atoms with E-state index in [1.165, 1.54) is 17.0 Å². The van der Waals surface area contributed by atoms with Crippen LogP contribution in [0.3, 0.4) is 0 Å². The Morgan fingerprint density at radius 1 is 1.00 bits per heavy atom. The Hall–Kier alpha value is -2.38. The van der Waals surface area contributed by atoms with E-state index in [-0.39, 0.29) is 54.7 Å². The Balaban J connectivity index is 1.53. The first-order valence-electron chi connectivity index (χ1n) is 10.8. The van der Waals surface area contributed by atoms with Crippen molar-refractivity contribution in [2.24, 2.45) is 5.73 Å². The van der Waals surface area contributed by atoms with Crippen LogP contribution >= 0.6 is 0 Å². The van der Waals surface area contributed by atoms with E-state index in [0.717, 1.165) is 0 Å². The van der Waals surface area contributed by atoms with E-state index in [9.17, 15) is 22.8 Å². The predicted octanol–water partition coefficient (Wildman–Crippen LogP) is -0.770. The van der Waals surface area contributed by atoms with Gasteiger partial charge in [0.25, 0.3) is 5.91 Å². The Morgan fingerprint density at radius 3 is 2.33 bits per heavy atom. The summed E-state index contributed by atoms with van der Waals surface area (Å²) in [6.07, 6.45) is 0.338.